The van der Waals surface area contributed by atoms with E-state index in [9.17, 15) is 18.0 Å². The van der Waals surface area contributed by atoms with Crippen molar-refractivity contribution in [2.24, 2.45) is 0 Å². The molecule has 1 rings (SSSR count). The fourth-order valence-electron chi connectivity index (χ4n) is 1.73. The minimum absolute atomic E-state index is 0.261. The van der Waals surface area contributed by atoms with E-state index < -0.39 is 6.36 Å². The van der Waals surface area contributed by atoms with Crippen LogP contribution in [0.2, 0.25) is 0 Å². The van der Waals surface area contributed by atoms with Crippen LogP contribution in [0.5, 0.6) is 5.75 Å². The molecule has 0 unspecified atom stereocenters. The number of urea groups is 1. The molecular weight excluding hydrogens is 285 g/mol. The average molecular weight is 304 g/mol. The van der Waals surface area contributed by atoms with Gasteiger partial charge in [-0.25, -0.2) is 4.79 Å². The summed E-state index contributed by atoms with van der Waals surface area (Å²) in [6, 6.07) is 4.88. The smallest absolute Gasteiger partial charge is 0.406 e. The van der Waals surface area contributed by atoms with Crippen LogP contribution in [0.15, 0.2) is 24.3 Å². The van der Waals surface area contributed by atoms with Gasteiger partial charge >= 0.3 is 12.4 Å². The van der Waals surface area contributed by atoms with Crippen molar-refractivity contribution in [2.75, 3.05) is 18.4 Å². The van der Waals surface area contributed by atoms with Crippen molar-refractivity contribution < 1.29 is 22.7 Å². The summed E-state index contributed by atoms with van der Waals surface area (Å²) in [6.07, 6.45) is -2.92. The third-order valence-electron chi connectivity index (χ3n) is 2.77. The summed E-state index contributed by atoms with van der Waals surface area (Å²) in [5.41, 5.74) is 0.261. The number of ether oxygens (including phenoxy) is 1. The molecule has 0 atom stereocenters. The van der Waals surface area contributed by atoms with Crippen LogP contribution >= 0.6 is 0 Å². The molecule has 0 aliphatic rings. The zero-order chi connectivity index (χ0) is 15.9. The lowest BCUT2D eigenvalue weighted by molar-refractivity contribution is -0.274. The highest BCUT2D eigenvalue weighted by molar-refractivity contribution is 5.89. The Morgan fingerprint density at radius 2 is 2.05 bits per heavy atom. The first-order valence-electron chi connectivity index (χ1n) is 6.77. The SMILES string of the molecule is CCCCN(CC)C(=O)Nc1cccc(OC(F)(F)F)c1. The zero-order valence-electron chi connectivity index (χ0n) is 12.0. The molecule has 0 heterocycles. The Kier molecular flexibility index (Phi) is 6.33. The Hall–Kier alpha value is -1.92. The van der Waals surface area contributed by atoms with Gasteiger partial charge < -0.3 is 15.0 Å². The van der Waals surface area contributed by atoms with Gasteiger partial charge in [0.2, 0.25) is 0 Å². The van der Waals surface area contributed by atoms with Crippen molar-refractivity contribution >= 4 is 11.7 Å². The Balaban J connectivity index is 2.69. The van der Waals surface area contributed by atoms with Gasteiger partial charge in [-0.05, 0) is 25.5 Å². The van der Waals surface area contributed by atoms with Gasteiger partial charge in [-0.1, -0.05) is 19.4 Å². The van der Waals surface area contributed by atoms with Crippen molar-refractivity contribution in [3.63, 3.8) is 0 Å². The van der Waals surface area contributed by atoms with E-state index in [4.69, 9.17) is 0 Å². The lowest BCUT2D eigenvalue weighted by Gasteiger charge is -2.21. The predicted octanol–water partition coefficient (Wildman–Crippen LogP) is 4.24. The molecule has 0 fully saturated rings. The molecule has 0 aliphatic carbocycles. The summed E-state index contributed by atoms with van der Waals surface area (Å²) in [6.45, 7) is 5.00. The number of carbonyl (C=O) groups excluding carboxylic acids is 1. The van der Waals surface area contributed by atoms with Gasteiger partial charge in [0.15, 0.2) is 0 Å². The minimum atomic E-state index is -4.75. The molecule has 0 radical (unpaired) electrons. The van der Waals surface area contributed by atoms with Gasteiger partial charge in [0.1, 0.15) is 5.75 Å². The van der Waals surface area contributed by atoms with Crippen LogP contribution in [0.3, 0.4) is 0 Å². The highest BCUT2D eigenvalue weighted by Crippen LogP contribution is 2.25. The molecule has 0 spiro atoms. The molecule has 0 saturated carbocycles. The molecular formula is C14H19F3N2O2. The monoisotopic (exact) mass is 304 g/mol. The summed E-state index contributed by atoms with van der Waals surface area (Å²) < 4.78 is 40.2. The van der Waals surface area contributed by atoms with E-state index in [0.717, 1.165) is 18.9 Å². The van der Waals surface area contributed by atoms with Crippen LogP contribution in [-0.4, -0.2) is 30.4 Å². The quantitative estimate of drug-likeness (QED) is 0.854. The number of benzene rings is 1. The van der Waals surface area contributed by atoms with Crippen molar-refractivity contribution in [2.45, 2.75) is 33.1 Å². The normalized spacial score (nSPS) is 11.1. The van der Waals surface area contributed by atoms with Crippen LogP contribution in [0.1, 0.15) is 26.7 Å². The topological polar surface area (TPSA) is 41.6 Å². The number of rotatable bonds is 6. The van der Waals surface area contributed by atoms with E-state index in [1.165, 1.54) is 18.2 Å². The Bertz CT molecular complexity index is 464. The molecule has 7 heteroatoms. The third-order valence-corrected chi connectivity index (χ3v) is 2.77. The summed E-state index contributed by atoms with van der Waals surface area (Å²) in [7, 11) is 0. The van der Waals surface area contributed by atoms with E-state index in [-0.39, 0.29) is 17.5 Å². The summed E-state index contributed by atoms with van der Waals surface area (Å²) in [5, 5.41) is 2.57. The second-order valence-corrected chi connectivity index (χ2v) is 4.44. The van der Waals surface area contributed by atoms with E-state index in [1.54, 1.807) is 4.90 Å². The summed E-state index contributed by atoms with van der Waals surface area (Å²) in [4.78, 5) is 13.6. The standard InChI is InChI=1S/C14H19F3N2O2/c1-3-5-9-19(4-2)13(20)18-11-7-6-8-12(10-11)21-14(15,16)17/h6-8,10H,3-5,9H2,1-2H3,(H,18,20). The number of amides is 2. The molecule has 118 valence electrons. The first-order chi connectivity index (χ1) is 9.85. The van der Waals surface area contributed by atoms with E-state index >= 15 is 0 Å². The van der Waals surface area contributed by atoms with Crippen molar-refractivity contribution in [1.29, 1.82) is 0 Å². The van der Waals surface area contributed by atoms with Crippen LogP contribution in [0, 0.1) is 0 Å². The fourth-order valence-corrected chi connectivity index (χ4v) is 1.73. The number of unbranched alkanes of at least 4 members (excludes halogenated alkanes) is 1. The van der Waals surface area contributed by atoms with E-state index in [1.807, 2.05) is 13.8 Å². The highest BCUT2D eigenvalue weighted by Gasteiger charge is 2.31. The number of halogens is 3. The van der Waals surface area contributed by atoms with Crippen molar-refractivity contribution in [3.8, 4) is 5.75 Å². The number of hydrogen-bond donors (Lipinski definition) is 1. The van der Waals surface area contributed by atoms with Gasteiger partial charge in [-0.2, -0.15) is 0 Å². The molecule has 0 aromatic heterocycles. The summed E-state index contributed by atoms with van der Waals surface area (Å²) in [5.74, 6) is -0.364. The highest BCUT2D eigenvalue weighted by atomic mass is 19.4. The second-order valence-electron chi connectivity index (χ2n) is 4.44. The van der Waals surface area contributed by atoms with Crippen LogP contribution in [-0.2, 0) is 0 Å². The van der Waals surface area contributed by atoms with Gasteiger partial charge in [0.25, 0.3) is 0 Å². The maximum Gasteiger partial charge on any atom is 0.573 e. The molecule has 0 aliphatic heterocycles. The molecule has 1 N–H and O–H groups in total. The Morgan fingerprint density at radius 3 is 2.62 bits per heavy atom. The van der Waals surface area contributed by atoms with E-state index in [2.05, 4.69) is 10.1 Å². The predicted molar refractivity (Wildman–Crippen MR) is 74.3 cm³/mol. The van der Waals surface area contributed by atoms with Gasteiger partial charge in [0, 0.05) is 24.8 Å². The molecule has 0 bridgehead atoms. The van der Waals surface area contributed by atoms with E-state index in [0.29, 0.717) is 13.1 Å². The van der Waals surface area contributed by atoms with Crippen molar-refractivity contribution in [1.82, 2.24) is 4.90 Å². The first-order valence-corrected chi connectivity index (χ1v) is 6.77. The van der Waals surface area contributed by atoms with Crippen LogP contribution in [0.25, 0.3) is 0 Å². The van der Waals surface area contributed by atoms with Crippen molar-refractivity contribution in [3.05, 3.63) is 24.3 Å². The fraction of sp³-hybridized carbons (Fsp3) is 0.500. The number of nitrogens with one attached hydrogen (secondary N) is 1. The number of carbonyl (C=O) groups is 1. The lowest BCUT2D eigenvalue weighted by Crippen LogP contribution is -2.35. The molecule has 0 saturated heterocycles. The minimum Gasteiger partial charge on any atom is -0.406 e. The lowest BCUT2D eigenvalue weighted by atomic mass is 10.3. The van der Waals surface area contributed by atoms with Gasteiger partial charge in [-0.3, -0.25) is 0 Å². The number of hydrogen-bond acceptors (Lipinski definition) is 2. The number of nitrogens with zero attached hydrogens (tertiary/aromatic N) is 1. The van der Waals surface area contributed by atoms with Crippen LogP contribution < -0.4 is 10.1 Å². The summed E-state index contributed by atoms with van der Waals surface area (Å²) >= 11 is 0. The molecule has 1 aromatic carbocycles. The average Bonchev–Trinajstić information content (AvgIpc) is 2.38. The molecule has 21 heavy (non-hydrogen) atoms. The Morgan fingerprint density at radius 1 is 1.33 bits per heavy atom. The van der Waals surface area contributed by atoms with Gasteiger partial charge in [-0.15, -0.1) is 13.2 Å². The maximum atomic E-state index is 12.1. The maximum absolute atomic E-state index is 12.1. The Labute approximate surface area is 121 Å². The third kappa shape index (κ3) is 6.37. The molecule has 4 nitrogen and oxygen atoms in total. The second kappa shape index (κ2) is 7.75. The molecule has 2 amide bonds. The zero-order valence-corrected chi connectivity index (χ0v) is 12.0. The van der Waals surface area contributed by atoms with Gasteiger partial charge in [0.05, 0.1) is 0 Å². The number of alkyl halides is 3. The number of anilines is 1. The van der Waals surface area contributed by atoms with Crippen LogP contribution in [0.4, 0.5) is 23.7 Å². The molecule has 1 aromatic rings. The first kappa shape index (κ1) is 17.1. The largest absolute Gasteiger partial charge is 0.573 e.